The van der Waals surface area contributed by atoms with E-state index in [2.05, 4.69) is 6.08 Å². The van der Waals surface area contributed by atoms with Gasteiger partial charge >= 0.3 is 0 Å². The molecule has 107 valence electrons. The van der Waals surface area contributed by atoms with Gasteiger partial charge in [0.05, 0.1) is 0 Å². The van der Waals surface area contributed by atoms with E-state index in [-0.39, 0.29) is 5.82 Å². The van der Waals surface area contributed by atoms with Crippen LogP contribution in [-0.2, 0) is 11.2 Å². The van der Waals surface area contributed by atoms with Gasteiger partial charge in [-0.05, 0) is 76.3 Å². The van der Waals surface area contributed by atoms with Crippen molar-refractivity contribution in [3.8, 4) is 0 Å². The summed E-state index contributed by atoms with van der Waals surface area (Å²) < 4.78 is 24.7. The van der Waals surface area contributed by atoms with Crippen LogP contribution < -0.4 is 0 Å². The molecule has 21 heavy (non-hydrogen) atoms. The van der Waals surface area contributed by atoms with Crippen molar-refractivity contribution in [2.24, 2.45) is 0 Å². The minimum atomic E-state index is -0.952. The van der Waals surface area contributed by atoms with Crippen molar-refractivity contribution in [3.63, 3.8) is 0 Å². The maximum Gasteiger partial charge on any atom is 0.152 e. The fourth-order valence-corrected chi connectivity index (χ4v) is 3.23. The van der Waals surface area contributed by atoms with Crippen LogP contribution in [0.1, 0.15) is 30.0 Å². The van der Waals surface area contributed by atoms with E-state index >= 15 is 0 Å². The van der Waals surface area contributed by atoms with Gasteiger partial charge in [-0.2, -0.15) is 0 Å². The van der Waals surface area contributed by atoms with Gasteiger partial charge in [0.1, 0.15) is 12.1 Å². The molecule has 1 radical (unpaired) electrons. The maximum atomic E-state index is 13.3. The summed E-state index contributed by atoms with van der Waals surface area (Å²) in [4.78, 5) is 0.828. The first kappa shape index (κ1) is 14.4. The molecular formula is C18H16FOS. The lowest BCUT2D eigenvalue weighted by Gasteiger charge is -2.05. The van der Waals surface area contributed by atoms with E-state index < -0.39 is 11.2 Å². The molecule has 1 nitrogen and oxygen atoms in total. The normalized spacial score (nSPS) is 18.0. The molecule has 1 unspecified atom stereocenters. The Morgan fingerprint density at radius 1 is 1.10 bits per heavy atom. The van der Waals surface area contributed by atoms with E-state index in [1.807, 2.05) is 37.3 Å². The average molecular weight is 299 g/mol. The molecule has 0 aliphatic heterocycles. The molecule has 1 aliphatic carbocycles. The van der Waals surface area contributed by atoms with Gasteiger partial charge in [0.2, 0.25) is 0 Å². The molecule has 3 rings (SSSR count). The summed E-state index contributed by atoms with van der Waals surface area (Å²) in [6.45, 7) is 2.04. The van der Waals surface area contributed by atoms with E-state index in [0.717, 1.165) is 28.0 Å². The van der Waals surface area contributed by atoms with Crippen LogP contribution in [-0.4, -0.2) is 10.8 Å². The highest BCUT2D eigenvalue weighted by molar-refractivity contribution is 7.90. The predicted molar refractivity (Wildman–Crippen MR) is 85.7 cm³/mol. The van der Waals surface area contributed by atoms with Crippen molar-refractivity contribution in [3.05, 3.63) is 70.9 Å². The Morgan fingerprint density at radius 3 is 2.48 bits per heavy atom. The molecule has 0 saturated heterocycles. The summed E-state index contributed by atoms with van der Waals surface area (Å²) in [5, 5.41) is 0. The molecule has 2 aromatic carbocycles. The monoisotopic (exact) mass is 299 g/mol. The Hall–Kier alpha value is -1.58. The van der Waals surface area contributed by atoms with Crippen molar-refractivity contribution >= 4 is 22.8 Å². The molecule has 0 aromatic heterocycles. The van der Waals surface area contributed by atoms with Crippen LogP contribution in [0.2, 0.25) is 0 Å². The number of hydrogen-bond acceptors (Lipinski definition) is 1. The Kier molecular flexibility index (Phi) is 3.87. The minimum Gasteiger partial charge on any atom is -0.612 e. The fraction of sp³-hybridized carbons (Fsp3) is 0.167. The lowest BCUT2D eigenvalue weighted by Crippen LogP contribution is -1.96. The van der Waals surface area contributed by atoms with Gasteiger partial charge in [-0.15, -0.1) is 0 Å². The summed E-state index contributed by atoms with van der Waals surface area (Å²) in [5.74, 6) is 1.01. The number of allylic oxidation sites excluding steroid dienone is 1. The summed E-state index contributed by atoms with van der Waals surface area (Å²) >= 11 is -0.952. The van der Waals surface area contributed by atoms with Crippen LogP contribution in [0.3, 0.4) is 0 Å². The van der Waals surface area contributed by atoms with Gasteiger partial charge in [0, 0.05) is 5.92 Å². The zero-order chi connectivity index (χ0) is 15.0. The summed E-state index contributed by atoms with van der Waals surface area (Å²) in [6.07, 6.45) is 4.64. The number of halogens is 1. The standard InChI is InChI=1S/C18H16FOS/c1-12-9-14(17-8-5-15(19)11-18(12)17)10-13-3-6-16(7-4-13)21(2)20/h3-8,10-11H,9H2,1-2H3/b14-10+. The lowest BCUT2D eigenvalue weighted by atomic mass is 10.0. The third kappa shape index (κ3) is 2.89. The molecule has 1 atom stereocenters. The quantitative estimate of drug-likeness (QED) is 0.751. The van der Waals surface area contributed by atoms with Crippen LogP contribution in [0.5, 0.6) is 0 Å². The zero-order valence-electron chi connectivity index (χ0n) is 12.0. The highest BCUT2D eigenvalue weighted by atomic mass is 32.2. The average Bonchev–Trinajstić information content (AvgIpc) is 2.75. The molecule has 3 heteroatoms. The number of fused-ring (bicyclic) bond motifs is 1. The first-order valence-electron chi connectivity index (χ1n) is 6.81. The molecule has 0 spiro atoms. The minimum absolute atomic E-state index is 0.191. The molecular weight excluding hydrogens is 283 g/mol. The third-order valence-corrected chi connectivity index (χ3v) is 4.73. The van der Waals surface area contributed by atoms with Crippen molar-refractivity contribution in [1.82, 2.24) is 0 Å². The van der Waals surface area contributed by atoms with Crippen LogP contribution in [0.15, 0.2) is 47.4 Å². The smallest absolute Gasteiger partial charge is 0.152 e. The molecule has 0 fully saturated rings. The Labute approximate surface area is 127 Å². The first-order chi connectivity index (χ1) is 10.0. The third-order valence-electron chi connectivity index (χ3n) is 3.80. The second kappa shape index (κ2) is 5.66. The van der Waals surface area contributed by atoms with Crippen LogP contribution >= 0.6 is 0 Å². The Morgan fingerprint density at radius 2 is 1.81 bits per heavy atom. The van der Waals surface area contributed by atoms with Crippen LogP contribution in [0, 0.1) is 11.7 Å². The molecule has 1 aliphatic rings. The lowest BCUT2D eigenvalue weighted by molar-refractivity contribution is 0.601. The fourth-order valence-electron chi connectivity index (χ4n) is 2.71. The van der Waals surface area contributed by atoms with Crippen molar-refractivity contribution in [2.75, 3.05) is 6.26 Å². The maximum absolute atomic E-state index is 13.3. The second-order valence-corrected chi connectivity index (χ2v) is 6.72. The van der Waals surface area contributed by atoms with Gasteiger partial charge in [0.15, 0.2) is 4.90 Å². The SMILES string of the molecule is C[C]1C/C(=C\c2ccc([S+](C)[O-])cc2)c2ccc(F)cc21. The molecule has 0 heterocycles. The topological polar surface area (TPSA) is 23.1 Å². The largest absolute Gasteiger partial charge is 0.612 e. The molecule has 0 bridgehead atoms. The van der Waals surface area contributed by atoms with E-state index in [9.17, 15) is 8.94 Å². The van der Waals surface area contributed by atoms with Gasteiger partial charge in [0.25, 0.3) is 0 Å². The first-order valence-corrected chi connectivity index (χ1v) is 8.37. The van der Waals surface area contributed by atoms with E-state index in [4.69, 9.17) is 0 Å². The van der Waals surface area contributed by atoms with Gasteiger partial charge in [-0.3, -0.25) is 0 Å². The number of hydrogen-bond donors (Lipinski definition) is 0. The Bertz CT molecular complexity index is 689. The van der Waals surface area contributed by atoms with E-state index in [0.29, 0.717) is 0 Å². The van der Waals surface area contributed by atoms with Gasteiger partial charge < -0.3 is 4.55 Å². The highest BCUT2D eigenvalue weighted by Gasteiger charge is 2.23. The van der Waals surface area contributed by atoms with Crippen LogP contribution in [0.4, 0.5) is 4.39 Å². The van der Waals surface area contributed by atoms with Crippen molar-refractivity contribution < 1.29 is 8.94 Å². The highest BCUT2D eigenvalue weighted by Crippen LogP contribution is 2.41. The summed E-state index contributed by atoms with van der Waals surface area (Å²) in [6, 6.07) is 12.7. The number of rotatable bonds is 2. The molecule has 0 N–H and O–H groups in total. The Balaban J connectivity index is 1.95. The molecule has 0 amide bonds. The molecule has 0 saturated carbocycles. The second-order valence-electron chi connectivity index (χ2n) is 5.34. The van der Waals surface area contributed by atoms with Gasteiger partial charge in [-0.1, -0.05) is 19.1 Å². The van der Waals surface area contributed by atoms with Crippen molar-refractivity contribution in [2.45, 2.75) is 18.2 Å². The predicted octanol–water partition coefficient (Wildman–Crippen LogP) is 4.45. The van der Waals surface area contributed by atoms with Crippen LogP contribution in [0.25, 0.3) is 11.6 Å². The molecule has 2 aromatic rings. The van der Waals surface area contributed by atoms with E-state index in [1.54, 1.807) is 12.3 Å². The van der Waals surface area contributed by atoms with E-state index in [1.165, 1.54) is 17.6 Å². The van der Waals surface area contributed by atoms with Gasteiger partial charge in [-0.25, -0.2) is 4.39 Å². The summed E-state index contributed by atoms with van der Waals surface area (Å²) in [5.41, 5.74) is 4.39. The summed E-state index contributed by atoms with van der Waals surface area (Å²) in [7, 11) is 0. The number of benzene rings is 2. The van der Waals surface area contributed by atoms with Crippen molar-refractivity contribution in [1.29, 1.82) is 0 Å². The zero-order valence-corrected chi connectivity index (χ0v) is 12.8.